The second kappa shape index (κ2) is 10.5. The molecule has 182 valence electrons. The van der Waals surface area contributed by atoms with Gasteiger partial charge in [0.25, 0.3) is 5.91 Å². The van der Waals surface area contributed by atoms with Crippen LogP contribution in [0.3, 0.4) is 0 Å². The Morgan fingerprint density at radius 3 is 2.06 bits per heavy atom. The first-order chi connectivity index (χ1) is 17.5. The molecule has 0 unspecified atom stereocenters. The summed E-state index contributed by atoms with van der Waals surface area (Å²) in [5.74, 6) is 0.0598. The van der Waals surface area contributed by atoms with E-state index in [1.54, 1.807) is 18.2 Å². The molecule has 4 aromatic rings. The molecule has 0 aromatic heterocycles. The van der Waals surface area contributed by atoms with E-state index in [0.29, 0.717) is 40.1 Å². The third-order valence-corrected chi connectivity index (χ3v) is 6.88. The highest BCUT2D eigenvalue weighted by Gasteiger charge is 2.22. The van der Waals surface area contributed by atoms with Crippen LogP contribution in [-0.2, 0) is 0 Å². The lowest BCUT2D eigenvalue weighted by molar-refractivity contribution is 0.0747. The van der Waals surface area contributed by atoms with Gasteiger partial charge in [0.05, 0.1) is 15.7 Å². The molecule has 1 aliphatic rings. The maximum absolute atomic E-state index is 13.1. The number of amides is 3. The van der Waals surface area contributed by atoms with Gasteiger partial charge in [-0.1, -0.05) is 59.6 Å². The lowest BCUT2D eigenvalue weighted by atomic mass is 10.1. The van der Waals surface area contributed by atoms with Crippen LogP contribution in [0.2, 0.25) is 10.0 Å². The minimum absolute atomic E-state index is 0.0598. The first kappa shape index (κ1) is 24.0. The van der Waals surface area contributed by atoms with Gasteiger partial charge in [-0.3, -0.25) is 4.79 Å². The number of fused-ring (bicyclic) bond motifs is 1. The van der Waals surface area contributed by atoms with Gasteiger partial charge in [0, 0.05) is 43.1 Å². The second-order valence-corrected chi connectivity index (χ2v) is 9.38. The number of para-hydroxylation sites is 1. The summed E-state index contributed by atoms with van der Waals surface area (Å²) < 4.78 is 0. The monoisotopic (exact) mass is 518 g/mol. The van der Waals surface area contributed by atoms with Gasteiger partial charge in [0.1, 0.15) is 0 Å². The Morgan fingerprint density at radius 2 is 1.36 bits per heavy atom. The first-order valence-electron chi connectivity index (χ1n) is 11.6. The number of nitrogens with one attached hydrogen (secondary N) is 2. The van der Waals surface area contributed by atoms with Crippen molar-refractivity contribution in [3.8, 4) is 0 Å². The molecule has 1 aliphatic heterocycles. The van der Waals surface area contributed by atoms with Crippen molar-refractivity contribution in [2.45, 2.75) is 0 Å². The number of halogens is 2. The number of hydrogen-bond acceptors (Lipinski definition) is 3. The summed E-state index contributed by atoms with van der Waals surface area (Å²) in [5.41, 5.74) is 2.76. The van der Waals surface area contributed by atoms with E-state index < -0.39 is 6.03 Å². The fourth-order valence-corrected chi connectivity index (χ4v) is 4.81. The lowest BCUT2D eigenvalue weighted by Gasteiger charge is -2.36. The zero-order chi connectivity index (χ0) is 25.1. The number of nitrogens with zero attached hydrogens (tertiary/aromatic N) is 2. The van der Waals surface area contributed by atoms with Crippen LogP contribution in [0.15, 0.2) is 84.9 Å². The zero-order valence-electron chi connectivity index (χ0n) is 19.4. The number of benzene rings is 4. The number of rotatable bonds is 4. The van der Waals surface area contributed by atoms with E-state index in [1.165, 1.54) is 0 Å². The van der Waals surface area contributed by atoms with Gasteiger partial charge in [-0.2, -0.15) is 0 Å². The summed E-state index contributed by atoms with van der Waals surface area (Å²) in [7, 11) is 0. The number of urea groups is 1. The molecular formula is C28H24Cl2N4O2. The molecule has 1 fully saturated rings. The summed E-state index contributed by atoms with van der Waals surface area (Å²) in [6.07, 6.45) is 0. The molecule has 0 saturated carbocycles. The Hall–Kier alpha value is -3.74. The maximum Gasteiger partial charge on any atom is 0.323 e. The summed E-state index contributed by atoms with van der Waals surface area (Å²) in [4.78, 5) is 29.6. The largest absolute Gasteiger partial charge is 0.368 e. The molecule has 0 atom stereocenters. The Kier molecular flexibility index (Phi) is 6.98. The van der Waals surface area contributed by atoms with Crippen molar-refractivity contribution in [1.82, 2.24) is 4.90 Å². The fourth-order valence-electron chi connectivity index (χ4n) is 4.32. The smallest absolute Gasteiger partial charge is 0.323 e. The van der Waals surface area contributed by atoms with Crippen LogP contribution in [0.5, 0.6) is 0 Å². The summed E-state index contributed by atoms with van der Waals surface area (Å²) in [6, 6.07) is 26.1. The van der Waals surface area contributed by atoms with E-state index in [1.807, 2.05) is 71.6 Å². The fraction of sp³-hybridized carbons (Fsp3) is 0.143. The van der Waals surface area contributed by atoms with Gasteiger partial charge in [0.15, 0.2) is 0 Å². The number of hydrogen-bond donors (Lipinski definition) is 2. The molecule has 0 aliphatic carbocycles. The highest BCUT2D eigenvalue weighted by atomic mass is 35.5. The molecular weight excluding hydrogens is 495 g/mol. The summed E-state index contributed by atoms with van der Waals surface area (Å²) in [5, 5.41) is 8.40. The molecule has 5 rings (SSSR count). The minimum Gasteiger partial charge on any atom is -0.368 e. The van der Waals surface area contributed by atoms with Crippen molar-refractivity contribution in [3.63, 3.8) is 0 Å². The van der Waals surface area contributed by atoms with Crippen LogP contribution in [-0.4, -0.2) is 43.0 Å². The van der Waals surface area contributed by atoms with E-state index in [0.717, 1.165) is 29.5 Å². The van der Waals surface area contributed by atoms with Gasteiger partial charge in [-0.25, -0.2) is 4.79 Å². The maximum atomic E-state index is 13.1. The molecule has 3 amide bonds. The van der Waals surface area contributed by atoms with Gasteiger partial charge < -0.3 is 20.4 Å². The normalized spacial score (nSPS) is 13.5. The predicted octanol–water partition coefficient (Wildman–Crippen LogP) is 6.75. The van der Waals surface area contributed by atoms with E-state index in [-0.39, 0.29) is 5.91 Å². The average Bonchev–Trinajstić information content (AvgIpc) is 2.91. The minimum atomic E-state index is -0.432. The standard InChI is InChI=1S/C28H24Cl2N4O2/c29-24-6-3-7-25(30)26(24)32-28(36)31-22-10-12-23(13-11-22)33-14-16-34(17-15-33)27(35)21-9-8-19-4-1-2-5-20(19)18-21/h1-13,18H,14-17H2,(H2,31,32,36). The molecule has 0 bridgehead atoms. The Labute approximate surface area is 219 Å². The van der Waals surface area contributed by atoms with Gasteiger partial charge in [0.2, 0.25) is 0 Å². The predicted molar refractivity (Wildman–Crippen MR) is 148 cm³/mol. The number of piperazine rings is 1. The number of carbonyl (C=O) groups is 2. The Morgan fingerprint density at radius 1 is 0.694 bits per heavy atom. The quantitative estimate of drug-likeness (QED) is 0.314. The van der Waals surface area contributed by atoms with Gasteiger partial charge >= 0.3 is 6.03 Å². The van der Waals surface area contributed by atoms with E-state index in [4.69, 9.17) is 23.2 Å². The van der Waals surface area contributed by atoms with Crippen LogP contribution in [0.4, 0.5) is 21.9 Å². The van der Waals surface area contributed by atoms with Crippen LogP contribution < -0.4 is 15.5 Å². The summed E-state index contributed by atoms with van der Waals surface area (Å²) in [6.45, 7) is 2.76. The molecule has 6 nitrogen and oxygen atoms in total. The Balaban J connectivity index is 1.16. The third kappa shape index (κ3) is 5.25. The van der Waals surface area contributed by atoms with Crippen LogP contribution in [0, 0.1) is 0 Å². The van der Waals surface area contributed by atoms with Crippen LogP contribution >= 0.6 is 23.2 Å². The first-order valence-corrected chi connectivity index (χ1v) is 12.4. The van der Waals surface area contributed by atoms with Crippen molar-refractivity contribution in [2.75, 3.05) is 41.7 Å². The molecule has 4 aromatic carbocycles. The van der Waals surface area contributed by atoms with Crippen molar-refractivity contribution in [2.24, 2.45) is 0 Å². The van der Waals surface area contributed by atoms with Crippen LogP contribution in [0.25, 0.3) is 10.8 Å². The van der Waals surface area contributed by atoms with Crippen molar-refractivity contribution < 1.29 is 9.59 Å². The molecule has 2 N–H and O–H groups in total. The molecule has 1 saturated heterocycles. The molecule has 0 radical (unpaired) electrons. The van der Waals surface area contributed by atoms with E-state index in [2.05, 4.69) is 15.5 Å². The molecule has 8 heteroatoms. The van der Waals surface area contributed by atoms with Crippen molar-refractivity contribution in [3.05, 3.63) is 101 Å². The third-order valence-electron chi connectivity index (χ3n) is 6.25. The zero-order valence-corrected chi connectivity index (χ0v) is 20.9. The molecule has 36 heavy (non-hydrogen) atoms. The van der Waals surface area contributed by atoms with Gasteiger partial charge in [-0.05, 0) is 59.3 Å². The van der Waals surface area contributed by atoms with Crippen molar-refractivity contribution >= 4 is 63.0 Å². The Bertz CT molecular complexity index is 1400. The highest BCUT2D eigenvalue weighted by molar-refractivity contribution is 6.39. The SMILES string of the molecule is O=C(Nc1ccc(N2CCN(C(=O)c3ccc4ccccc4c3)CC2)cc1)Nc1c(Cl)cccc1Cl. The van der Waals surface area contributed by atoms with Crippen molar-refractivity contribution in [1.29, 1.82) is 0 Å². The molecule has 0 spiro atoms. The van der Waals surface area contributed by atoms with E-state index in [9.17, 15) is 9.59 Å². The topological polar surface area (TPSA) is 64.7 Å². The van der Waals surface area contributed by atoms with Crippen LogP contribution in [0.1, 0.15) is 10.4 Å². The van der Waals surface area contributed by atoms with E-state index >= 15 is 0 Å². The van der Waals surface area contributed by atoms with Gasteiger partial charge in [-0.15, -0.1) is 0 Å². The second-order valence-electron chi connectivity index (χ2n) is 8.56. The highest BCUT2D eigenvalue weighted by Crippen LogP contribution is 2.30. The summed E-state index contributed by atoms with van der Waals surface area (Å²) >= 11 is 12.2. The number of anilines is 3. The molecule has 1 heterocycles. The number of carbonyl (C=O) groups excluding carboxylic acids is 2. The average molecular weight is 519 g/mol. The lowest BCUT2D eigenvalue weighted by Crippen LogP contribution is -2.48.